The number of fused-ring (bicyclic) bond motifs is 3. The van der Waals surface area contributed by atoms with Gasteiger partial charge < -0.3 is 14.2 Å². The van der Waals surface area contributed by atoms with Crippen molar-refractivity contribution >= 4 is 0 Å². The molecule has 1 saturated heterocycles. The number of hydrogen-bond donors (Lipinski definition) is 0. The summed E-state index contributed by atoms with van der Waals surface area (Å²) in [4.78, 5) is 0. The number of unbranched alkanes of at least 4 members (excludes halogenated alkanes) is 5. The maximum absolute atomic E-state index is 6.12. The topological polar surface area (TPSA) is 27.7 Å². The molecule has 2 unspecified atom stereocenters. The van der Waals surface area contributed by atoms with Crippen LogP contribution < -0.4 is 0 Å². The van der Waals surface area contributed by atoms with Gasteiger partial charge in [-0.15, -0.1) is 0 Å². The average Bonchev–Trinajstić information content (AvgIpc) is 2.90. The van der Waals surface area contributed by atoms with Crippen molar-refractivity contribution in [2.45, 2.75) is 122 Å². The molecule has 3 nitrogen and oxygen atoms in total. The summed E-state index contributed by atoms with van der Waals surface area (Å²) >= 11 is 0. The molecule has 3 heteroatoms. The lowest BCUT2D eigenvalue weighted by atomic mass is 9.51. The van der Waals surface area contributed by atoms with Crippen molar-refractivity contribution in [1.82, 2.24) is 0 Å². The van der Waals surface area contributed by atoms with Crippen LogP contribution in [0.1, 0.15) is 121 Å². The molecule has 2 bridgehead atoms. The van der Waals surface area contributed by atoms with Gasteiger partial charge in [0.15, 0.2) is 6.29 Å². The smallest absolute Gasteiger partial charge is 0.181 e. The second-order valence-electron chi connectivity index (χ2n) is 11.2. The Hall–Kier alpha value is -1.16. The quantitative estimate of drug-likeness (QED) is 0.215. The Labute approximate surface area is 208 Å². The van der Waals surface area contributed by atoms with Gasteiger partial charge in [0.2, 0.25) is 0 Å². The molecule has 34 heavy (non-hydrogen) atoms. The van der Waals surface area contributed by atoms with E-state index in [4.69, 9.17) is 14.2 Å². The molecule has 1 heterocycles. The van der Waals surface area contributed by atoms with Crippen molar-refractivity contribution in [3.05, 3.63) is 47.5 Å². The fourth-order valence-electron chi connectivity index (χ4n) is 6.51. The molecule has 3 aliphatic carbocycles. The van der Waals surface area contributed by atoms with E-state index in [0.717, 1.165) is 6.42 Å². The average molecular weight is 469 g/mol. The highest BCUT2D eigenvalue weighted by Gasteiger charge is 2.48. The highest BCUT2D eigenvalue weighted by molar-refractivity contribution is 5.32. The van der Waals surface area contributed by atoms with Gasteiger partial charge >= 0.3 is 0 Å². The summed E-state index contributed by atoms with van der Waals surface area (Å²) in [6.07, 6.45) is 23.2. The van der Waals surface area contributed by atoms with E-state index in [1.165, 1.54) is 89.0 Å². The first-order valence-electron chi connectivity index (χ1n) is 14.3. The standard InChI is InChI=1S/C31H48O3/c1-3-5-7-8-9-11-23-32-29-25-33-28(24-34-29)26-12-14-27(15-13-26)31-20-17-30(18-21-31,19-22-31)16-10-6-4-2/h9,11-15,28-29H,3-8,10,16-25H2,1-2H3/b11-9+. The summed E-state index contributed by atoms with van der Waals surface area (Å²) in [7, 11) is 0. The maximum atomic E-state index is 6.12. The first-order valence-corrected chi connectivity index (χ1v) is 14.3. The van der Waals surface area contributed by atoms with Crippen LogP contribution in [0.4, 0.5) is 0 Å². The van der Waals surface area contributed by atoms with Gasteiger partial charge in [0, 0.05) is 0 Å². The zero-order valence-electron chi connectivity index (χ0n) is 21.9. The lowest BCUT2D eigenvalue weighted by molar-refractivity contribution is -0.232. The van der Waals surface area contributed by atoms with Gasteiger partial charge in [-0.3, -0.25) is 0 Å². The molecule has 0 amide bonds. The van der Waals surface area contributed by atoms with Gasteiger partial charge in [-0.05, 0) is 79.7 Å². The van der Waals surface area contributed by atoms with E-state index < -0.39 is 0 Å². The van der Waals surface area contributed by atoms with E-state index in [-0.39, 0.29) is 12.4 Å². The molecule has 4 aliphatic rings. The van der Waals surface area contributed by atoms with Crippen LogP contribution in [0.25, 0.3) is 0 Å². The molecule has 0 N–H and O–H groups in total. The zero-order valence-corrected chi connectivity index (χ0v) is 21.9. The molecule has 4 fully saturated rings. The maximum Gasteiger partial charge on any atom is 0.181 e. The van der Waals surface area contributed by atoms with Crippen LogP contribution in [-0.2, 0) is 19.6 Å². The van der Waals surface area contributed by atoms with Crippen molar-refractivity contribution in [1.29, 1.82) is 0 Å². The SMILES string of the molecule is CCCCC/C=C/COC1COC(c2ccc(C34CCC(CCCCC)(CC3)CC4)cc2)CO1. The molecule has 3 saturated carbocycles. The molecule has 2 atom stereocenters. The molecule has 0 radical (unpaired) electrons. The Morgan fingerprint density at radius 2 is 1.53 bits per heavy atom. The Balaban J connectivity index is 1.21. The van der Waals surface area contributed by atoms with Crippen LogP contribution in [0.2, 0.25) is 0 Å². The van der Waals surface area contributed by atoms with E-state index in [1.807, 2.05) is 0 Å². The van der Waals surface area contributed by atoms with Crippen LogP contribution in [0, 0.1) is 5.41 Å². The molecule has 190 valence electrons. The van der Waals surface area contributed by atoms with Crippen molar-refractivity contribution < 1.29 is 14.2 Å². The Kier molecular flexibility index (Phi) is 9.68. The van der Waals surface area contributed by atoms with Crippen LogP contribution in [-0.4, -0.2) is 26.1 Å². The summed E-state index contributed by atoms with van der Waals surface area (Å²) in [5.74, 6) is 0. The second-order valence-corrected chi connectivity index (χ2v) is 11.2. The Morgan fingerprint density at radius 3 is 2.18 bits per heavy atom. The van der Waals surface area contributed by atoms with Crippen molar-refractivity contribution in [3.63, 3.8) is 0 Å². The van der Waals surface area contributed by atoms with Crippen LogP contribution in [0.3, 0.4) is 0 Å². The minimum absolute atomic E-state index is 0.0138. The van der Waals surface area contributed by atoms with Crippen molar-refractivity contribution in [2.75, 3.05) is 19.8 Å². The van der Waals surface area contributed by atoms with Gasteiger partial charge in [-0.25, -0.2) is 0 Å². The molecule has 1 aromatic rings. The van der Waals surface area contributed by atoms with Crippen LogP contribution in [0.5, 0.6) is 0 Å². The molecule has 1 aromatic carbocycles. The summed E-state index contributed by atoms with van der Waals surface area (Å²) < 4.78 is 17.9. The van der Waals surface area contributed by atoms with Crippen molar-refractivity contribution in [3.8, 4) is 0 Å². The molecular weight excluding hydrogens is 420 g/mol. The van der Waals surface area contributed by atoms with E-state index in [9.17, 15) is 0 Å². The summed E-state index contributed by atoms with van der Waals surface area (Å²) in [5, 5.41) is 0. The van der Waals surface area contributed by atoms with Gasteiger partial charge in [-0.1, -0.05) is 82.4 Å². The largest absolute Gasteiger partial charge is 0.366 e. The Morgan fingerprint density at radius 1 is 0.824 bits per heavy atom. The Bertz CT molecular complexity index is 720. The highest BCUT2D eigenvalue weighted by Crippen LogP contribution is 2.59. The van der Waals surface area contributed by atoms with Gasteiger partial charge in [0.05, 0.1) is 19.8 Å². The van der Waals surface area contributed by atoms with E-state index >= 15 is 0 Å². The monoisotopic (exact) mass is 468 g/mol. The van der Waals surface area contributed by atoms with Gasteiger partial charge in [0.25, 0.3) is 0 Å². The van der Waals surface area contributed by atoms with E-state index in [0.29, 0.717) is 30.7 Å². The third-order valence-corrected chi connectivity index (χ3v) is 8.99. The van der Waals surface area contributed by atoms with Crippen molar-refractivity contribution in [2.24, 2.45) is 5.41 Å². The number of allylic oxidation sites excluding steroid dienone is 1. The molecule has 0 spiro atoms. The molecule has 0 aromatic heterocycles. The molecular formula is C31H48O3. The van der Waals surface area contributed by atoms with E-state index in [2.05, 4.69) is 50.3 Å². The number of hydrogen-bond acceptors (Lipinski definition) is 3. The van der Waals surface area contributed by atoms with Crippen LogP contribution in [0.15, 0.2) is 36.4 Å². The number of ether oxygens (including phenoxy) is 3. The fourth-order valence-corrected chi connectivity index (χ4v) is 6.51. The summed E-state index contributed by atoms with van der Waals surface area (Å²) in [5.41, 5.74) is 3.89. The third kappa shape index (κ3) is 6.53. The van der Waals surface area contributed by atoms with Gasteiger partial charge in [-0.2, -0.15) is 0 Å². The predicted octanol–water partition coefficient (Wildman–Crippen LogP) is 8.43. The number of rotatable bonds is 13. The van der Waals surface area contributed by atoms with Gasteiger partial charge in [0.1, 0.15) is 6.10 Å². The normalized spacial score (nSPS) is 31.4. The molecule has 5 rings (SSSR count). The second kappa shape index (κ2) is 12.7. The third-order valence-electron chi connectivity index (χ3n) is 8.99. The van der Waals surface area contributed by atoms with Crippen LogP contribution >= 0.6 is 0 Å². The molecule has 1 aliphatic heterocycles. The number of benzene rings is 1. The fraction of sp³-hybridized carbons (Fsp3) is 0.742. The first kappa shape index (κ1) is 25.9. The minimum Gasteiger partial charge on any atom is -0.366 e. The first-order chi connectivity index (χ1) is 16.7. The van der Waals surface area contributed by atoms with E-state index in [1.54, 1.807) is 5.56 Å². The summed E-state index contributed by atoms with van der Waals surface area (Å²) in [6, 6.07) is 9.35. The lowest BCUT2D eigenvalue weighted by Gasteiger charge is -2.54. The zero-order chi connectivity index (χ0) is 23.7. The minimum atomic E-state index is -0.253. The predicted molar refractivity (Wildman–Crippen MR) is 140 cm³/mol. The highest BCUT2D eigenvalue weighted by atomic mass is 16.7. The lowest BCUT2D eigenvalue weighted by Crippen LogP contribution is -2.44. The summed E-state index contributed by atoms with van der Waals surface area (Å²) in [6.45, 7) is 6.22.